The molecule has 2 aliphatic rings. The number of piperidine rings is 1. The van der Waals surface area contributed by atoms with E-state index in [1.54, 1.807) is 111 Å². The Kier molecular flexibility index (Phi) is 67.7. The first-order chi connectivity index (χ1) is 42.2. The maximum Gasteiger partial charge on any atom is 0.314 e. The Morgan fingerprint density at radius 3 is 1.09 bits per heavy atom. The van der Waals surface area contributed by atoms with E-state index in [1.807, 2.05) is 341 Å². The summed E-state index contributed by atoms with van der Waals surface area (Å²) >= 11 is 15.8. The molecule has 0 spiro atoms. The van der Waals surface area contributed by atoms with Crippen LogP contribution in [0.4, 0.5) is 4.79 Å². The lowest BCUT2D eigenvalue weighted by Gasteiger charge is -2.46. The zero-order valence-electron chi connectivity index (χ0n) is 41.5. The second kappa shape index (κ2) is 65.6. The van der Waals surface area contributed by atoms with Crippen LogP contribution in [0.2, 0.25) is 5.02 Å². The number of rotatable bonds is 6. The summed E-state index contributed by atoms with van der Waals surface area (Å²) in [5.41, 5.74) is 7.56. The van der Waals surface area contributed by atoms with Gasteiger partial charge in [0.25, 0.3) is 0 Å². The fourth-order valence-electron chi connectivity index (χ4n) is 5.95. The maximum absolute atomic E-state index is 13.4. The van der Waals surface area contributed by atoms with Crippen molar-refractivity contribution in [1.29, 1.82) is 0 Å². The molecule has 7 nitrogen and oxygen atoms in total. The van der Waals surface area contributed by atoms with Gasteiger partial charge in [-0.05, 0) is 54.5 Å². The van der Waals surface area contributed by atoms with Gasteiger partial charge in [-0.1, -0.05) is 43.6 Å². The number of benzene rings is 1. The standard InChI is InChI=1S/C27H36ClN5O2.S51/c1-19(2)24-18-32(26(23-5-3-4-12-30-23)21-6-8-22(28)9-7-21)15-16-33(24)25(34)17-20-10-13-31(14-11-20)27(29)35;1-3-5-7-9-11-13-15-17-19-21-23-25-27-29-31-33-35-37-39-41-43-45-47-49-51-50-48-46-44-42-40-38-36-34-32-30-28-26-24-22-20-18-16-14-12-10-8-6-4-2/h3-9,12,19-20,24,26H,10-11,13-18H2,1-2H3,(H2,29,35);/t24-,26?;/m1./s1. The zero-order chi connectivity index (χ0) is 61.6. The number of amides is 3. The van der Waals surface area contributed by atoms with Gasteiger partial charge in [0.05, 0.1) is 11.7 Å². The number of carbonyl (C=O) groups excluding carboxylic acids is 2. The van der Waals surface area contributed by atoms with Gasteiger partial charge in [0.1, 0.15) is 0 Å². The van der Waals surface area contributed by atoms with Crippen molar-refractivity contribution in [3.8, 4) is 0 Å². The van der Waals surface area contributed by atoms with Gasteiger partial charge >= 0.3 is 6.03 Å². The van der Waals surface area contributed by atoms with Crippen LogP contribution in [0.1, 0.15) is 50.4 Å². The van der Waals surface area contributed by atoms with Gasteiger partial charge in [-0.25, -0.2) is 4.79 Å². The Hall–Kier alpha value is 8.58. The Bertz CT molecular complexity index is 4880. The minimum absolute atomic E-state index is 0.00472. The molecular formula is C27H36ClN5O2S51. The molecule has 2 fully saturated rings. The number of nitrogens with zero attached hydrogens (tertiary/aromatic N) is 4. The summed E-state index contributed by atoms with van der Waals surface area (Å²) in [6.07, 6.45) is 4.04. The molecule has 1 aromatic heterocycles. The van der Waals surface area contributed by atoms with Crippen LogP contribution in [0.3, 0.4) is 0 Å². The van der Waals surface area contributed by atoms with E-state index in [-0.39, 0.29) is 24.0 Å². The lowest BCUT2D eigenvalue weighted by molar-refractivity contribution is -0.139. The summed E-state index contributed by atoms with van der Waals surface area (Å²) in [7, 11) is 87.5. The highest BCUT2D eigenvalue weighted by atomic mass is 35.5. The van der Waals surface area contributed by atoms with Crippen LogP contribution in [-0.2, 0) is 462 Å². The molecule has 2 aliphatic heterocycles. The molecule has 59 heteroatoms. The molecule has 0 aliphatic carbocycles. The molecule has 86 heavy (non-hydrogen) atoms. The number of primary amides is 1. The van der Waals surface area contributed by atoms with Gasteiger partial charge in [0.2, 0.25) is 5.91 Å². The fraction of sp³-hybridized carbons (Fsp3) is 0.519. The number of pyridine rings is 1. The highest BCUT2D eigenvalue weighted by Gasteiger charge is 2.37. The summed E-state index contributed by atoms with van der Waals surface area (Å²) in [6, 6.07) is 13.8. The second-order valence-electron chi connectivity index (χ2n) is 13.4. The van der Waals surface area contributed by atoms with E-state index in [0.29, 0.717) is 42.9 Å². The normalized spacial score (nSPS) is 13.0. The average molecular weight is 2130 g/mol. The van der Waals surface area contributed by atoms with E-state index in [2.05, 4.69) is 46.8 Å². The maximum atomic E-state index is 13.4. The molecule has 2 aromatic rings. The van der Waals surface area contributed by atoms with E-state index < -0.39 is 0 Å². The van der Waals surface area contributed by atoms with Gasteiger partial charge in [-0.3, -0.25) is 14.7 Å². The Balaban J connectivity index is 0.000000478. The summed E-state index contributed by atoms with van der Waals surface area (Å²) in [6.45, 7) is 7.92. The smallest absolute Gasteiger partial charge is 0.314 e. The van der Waals surface area contributed by atoms with Crippen LogP contribution in [0.25, 0.3) is 0 Å². The molecule has 3 amide bonds. The van der Waals surface area contributed by atoms with Gasteiger partial charge in [-0.15, -0.1) is 0 Å². The van der Waals surface area contributed by atoms with Crippen molar-refractivity contribution < 1.29 is 9.59 Å². The van der Waals surface area contributed by atoms with E-state index in [0.717, 1.165) is 37.2 Å². The van der Waals surface area contributed by atoms with E-state index in [9.17, 15) is 9.59 Å². The van der Waals surface area contributed by atoms with Crippen molar-refractivity contribution in [2.45, 2.75) is 45.2 Å². The molecule has 2 saturated heterocycles. The van der Waals surface area contributed by atoms with Crippen LogP contribution in [0.5, 0.6) is 0 Å². The van der Waals surface area contributed by atoms with E-state index >= 15 is 0 Å². The fourth-order valence-corrected chi connectivity index (χ4v) is 135. The minimum Gasteiger partial charge on any atom is -0.351 e. The Morgan fingerprint density at radius 2 is 0.814 bits per heavy atom. The van der Waals surface area contributed by atoms with Gasteiger partial charge < -0.3 is 15.5 Å². The number of urea groups is 1. The zero-order valence-corrected chi connectivity index (χ0v) is 83.9. The lowest BCUT2D eigenvalue weighted by atomic mass is 9.91. The molecule has 4 rings (SSSR count). The second-order valence-corrected chi connectivity index (χ2v) is 101. The minimum atomic E-state index is -0.367. The third-order valence-corrected chi connectivity index (χ3v) is 116. The summed E-state index contributed by atoms with van der Waals surface area (Å²) in [5.74, 6) is 0.856. The Morgan fingerprint density at radius 1 is 0.488 bits per heavy atom. The van der Waals surface area contributed by atoms with Crippen molar-refractivity contribution in [2.24, 2.45) is 17.6 Å². The largest absolute Gasteiger partial charge is 0.351 e. The predicted molar refractivity (Wildman–Crippen MR) is 514 cm³/mol. The van der Waals surface area contributed by atoms with Gasteiger partial charge in [0, 0.05) is 514 Å². The van der Waals surface area contributed by atoms with Crippen molar-refractivity contribution in [2.75, 3.05) is 32.7 Å². The van der Waals surface area contributed by atoms with Gasteiger partial charge in [0.15, 0.2) is 0 Å². The molecular weight excluding hydrogens is 2100 g/mol. The number of carbonyl (C=O) groups is 2. The van der Waals surface area contributed by atoms with Crippen LogP contribution >= 0.6 is 11.6 Å². The van der Waals surface area contributed by atoms with Crippen LogP contribution in [-0.4, -0.2) is 70.4 Å². The SMILES string of the molecule is CC(C)[C@H]1CN(C(c2ccc(Cl)cc2)c2ccccn2)CCN1C(=O)CC1CCN(C(N)=O)CC1.S=S=S=S=S=S=S=S=S=S=S=S=S=S=S=S=S=S=S=S=S=S=S=S=S=S=S=S=S=S=S=S=S=S=S=S=S=S=S=S=S=S=S=S=S=S=S=S=S=S=S. The number of nitrogens with two attached hydrogens (primary N) is 1. The first kappa shape index (κ1) is 88.8. The third kappa shape index (κ3) is 49.2. The molecule has 2 N–H and O–H groups in total. The molecule has 2 atom stereocenters. The number of piperazine rings is 1. The van der Waals surface area contributed by atoms with Crippen molar-refractivity contribution in [3.63, 3.8) is 0 Å². The summed E-state index contributed by atoms with van der Waals surface area (Å²) in [5, 5.41) is 0.714. The summed E-state index contributed by atoms with van der Waals surface area (Å²) < 4.78 is 0. The van der Waals surface area contributed by atoms with E-state index in [4.69, 9.17) is 39.7 Å². The van der Waals surface area contributed by atoms with Crippen molar-refractivity contribution >= 4 is 481 Å². The van der Waals surface area contributed by atoms with Crippen LogP contribution in [0, 0.1) is 11.8 Å². The monoisotopic (exact) mass is 2130 g/mol. The highest BCUT2D eigenvalue weighted by molar-refractivity contribution is 8.82. The highest BCUT2D eigenvalue weighted by Crippen LogP contribution is 2.32. The number of hydrogen-bond acceptors (Lipinski definition) is 6. The first-order valence-corrected chi connectivity index (χ1v) is 88.0. The predicted octanol–water partition coefficient (Wildman–Crippen LogP) is 4.05. The van der Waals surface area contributed by atoms with Gasteiger partial charge in [-0.2, -0.15) is 0 Å². The Labute approximate surface area is 655 Å². The average Bonchev–Trinajstić information content (AvgIpc) is 3.45. The summed E-state index contributed by atoms with van der Waals surface area (Å²) in [4.78, 5) is 35.7. The third-order valence-electron chi connectivity index (χ3n) is 8.78. The molecule has 3 heterocycles. The molecule has 1 unspecified atom stereocenters. The molecule has 0 bridgehead atoms. The number of likely N-dealkylation sites (tertiary alicyclic amines) is 1. The van der Waals surface area contributed by atoms with Crippen LogP contribution in [0.15, 0.2) is 48.7 Å². The number of halogens is 1. The topological polar surface area (TPSA) is 82.8 Å². The van der Waals surface area contributed by atoms with Crippen molar-refractivity contribution in [3.05, 3.63) is 64.9 Å². The quantitative estimate of drug-likeness (QED) is 0.471. The molecule has 0 saturated carbocycles. The number of hydrogen-bond donors (Lipinski definition) is 1. The molecule has 1 aromatic carbocycles. The first-order valence-electron chi connectivity index (χ1n) is 20.9. The number of aromatic nitrogens is 1. The molecule has 494 valence electrons. The molecule has 0 radical (unpaired) electrons. The van der Waals surface area contributed by atoms with Crippen molar-refractivity contribution in [1.82, 2.24) is 19.7 Å². The van der Waals surface area contributed by atoms with Crippen LogP contribution < -0.4 is 5.73 Å². The lowest BCUT2D eigenvalue weighted by Crippen LogP contribution is -2.58. The van der Waals surface area contributed by atoms with E-state index in [1.165, 1.54) is 17.8 Å².